The number of hydrogen-bond acceptors (Lipinski definition) is 3. The summed E-state index contributed by atoms with van der Waals surface area (Å²) in [4.78, 5) is 1.19. The third kappa shape index (κ3) is 3.22. The molecule has 0 saturated carbocycles. The molecule has 1 aromatic carbocycles. The van der Waals surface area contributed by atoms with Crippen LogP contribution in [0.15, 0.2) is 28.1 Å². The van der Waals surface area contributed by atoms with Crippen LogP contribution >= 0.6 is 27.3 Å². The van der Waals surface area contributed by atoms with Gasteiger partial charge in [0, 0.05) is 10.9 Å². The first-order valence-corrected chi connectivity index (χ1v) is 7.92. The molecule has 20 heavy (non-hydrogen) atoms. The van der Waals surface area contributed by atoms with Gasteiger partial charge in [0.1, 0.15) is 0 Å². The second kappa shape index (κ2) is 6.70. The molecule has 1 N–H and O–H groups in total. The molecule has 108 valence electrons. The number of thiophene rings is 1. The number of ether oxygens (including phenoxy) is 1. The number of aryl methyl sites for hydroxylation is 1. The molecule has 1 aromatic heterocycles. The van der Waals surface area contributed by atoms with E-state index in [-0.39, 0.29) is 11.9 Å². The van der Waals surface area contributed by atoms with Crippen LogP contribution in [-0.4, -0.2) is 14.2 Å². The van der Waals surface area contributed by atoms with Gasteiger partial charge in [0.2, 0.25) is 0 Å². The first kappa shape index (κ1) is 15.5. The second-order valence-corrected chi connectivity index (χ2v) is 6.99. The monoisotopic (exact) mass is 357 g/mol. The third-order valence-corrected chi connectivity index (χ3v) is 5.51. The fraction of sp³-hybridized carbons (Fsp3) is 0.333. The summed E-state index contributed by atoms with van der Waals surface area (Å²) in [6.45, 7) is 2.06. The molecular weight excluding hydrogens is 341 g/mol. The van der Waals surface area contributed by atoms with Crippen LogP contribution in [0.5, 0.6) is 5.75 Å². The summed E-state index contributed by atoms with van der Waals surface area (Å²) in [5, 5.41) is 3.25. The SMILES string of the molecule is CNC(Cc1cccc(OC)c1F)c1cc(C)c(Br)s1. The number of benzene rings is 1. The van der Waals surface area contributed by atoms with Gasteiger partial charge in [-0.25, -0.2) is 4.39 Å². The van der Waals surface area contributed by atoms with Crippen LogP contribution in [0.1, 0.15) is 22.0 Å². The summed E-state index contributed by atoms with van der Waals surface area (Å²) in [6.07, 6.45) is 0.589. The highest BCUT2D eigenvalue weighted by Crippen LogP contribution is 2.33. The van der Waals surface area contributed by atoms with Crippen LogP contribution in [0, 0.1) is 12.7 Å². The van der Waals surface area contributed by atoms with Crippen LogP contribution < -0.4 is 10.1 Å². The fourth-order valence-electron chi connectivity index (χ4n) is 2.09. The smallest absolute Gasteiger partial charge is 0.168 e. The normalized spacial score (nSPS) is 12.4. The Bertz CT molecular complexity index is 580. The molecule has 0 aliphatic rings. The first-order valence-electron chi connectivity index (χ1n) is 6.31. The van der Waals surface area contributed by atoms with Crippen molar-refractivity contribution in [1.29, 1.82) is 0 Å². The number of rotatable bonds is 5. The zero-order valence-corrected chi connectivity index (χ0v) is 14.1. The standard InChI is InChI=1S/C15H17BrFNOS/c1-9-7-13(20-15(9)16)11(18-2)8-10-5-4-6-12(19-3)14(10)17/h4-7,11,18H,8H2,1-3H3. The lowest BCUT2D eigenvalue weighted by Gasteiger charge is -2.16. The molecule has 1 heterocycles. The van der Waals surface area contributed by atoms with E-state index in [1.807, 2.05) is 13.1 Å². The van der Waals surface area contributed by atoms with Gasteiger partial charge in [-0.15, -0.1) is 11.3 Å². The van der Waals surface area contributed by atoms with Gasteiger partial charge in [0.25, 0.3) is 0 Å². The number of halogens is 2. The highest BCUT2D eigenvalue weighted by molar-refractivity contribution is 9.11. The molecule has 0 bridgehead atoms. The molecule has 2 rings (SSSR count). The number of nitrogens with one attached hydrogen (secondary N) is 1. The molecule has 0 fully saturated rings. The van der Waals surface area contributed by atoms with E-state index in [4.69, 9.17) is 4.74 Å². The Morgan fingerprint density at radius 2 is 2.20 bits per heavy atom. The minimum atomic E-state index is -0.275. The summed E-state index contributed by atoms with van der Waals surface area (Å²) < 4.78 is 20.4. The number of hydrogen-bond donors (Lipinski definition) is 1. The molecule has 5 heteroatoms. The summed E-state index contributed by atoms with van der Waals surface area (Å²) in [6, 6.07) is 7.48. The minimum absolute atomic E-state index is 0.0895. The largest absolute Gasteiger partial charge is 0.494 e. The van der Waals surface area contributed by atoms with Crippen molar-refractivity contribution in [3.8, 4) is 5.75 Å². The lowest BCUT2D eigenvalue weighted by Crippen LogP contribution is -2.18. The van der Waals surface area contributed by atoms with Crippen molar-refractivity contribution in [3.05, 3.63) is 49.9 Å². The maximum atomic E-state index is 14.2. The summed E-state index contributed by atoms with van der Waals surface area (Å²) >= 11 is 5.22. The van der Waals surface area contributed by atoms with Crippen LogP contribution in [0.2, 0.25) is 0 Å². The van der Waals surface area contributed by atoms with Gasteiger partial charge >= 0.3 is 0 Å². The summed E-state index contributed by atoms with van der Waals surface area (Å²) in [5.41, 5.74) is 1.86. The fourth-order valence-corrected chi connectivity index (χ4v) is 3.77. The molecular formula is C15H17BrFNOS. The zero-order chi connectivity index (χ0) is 14.7. The van der Waals surface area contributed by atoms with Gasteiger partial charge in [-0.2, -0.15) is 0 Å². The average molecular weight is 358 g/mol. The Morgan fingerprint density at radius 3 is 2.75 bits per heavy atom. The van der Waals surface area contributed by atoms with Crippen molar-refractivity contribution in [3.63, 3.8) is 0 Å². The van der Waals surface area contributed by atoms with Gasteiger partial charge < -0.3 is 10.1 Å². The third-order valence-electron chi connectivity index (χ3n) is 3.26. The van der Waals surface area contributed by atoms with E-state index in [0.29, 0.717) is 17.7 Å². The van der Waals surface area contributed by atoms with E-state index in [1.54, 1.807) is 23.5 Å². The van der Waals surface area contributed by atoms with E-state index in [9.17, 15) is 4.39 Å². The predicted octanol–water partition coefficient (Wildman–Crippen LogP) is 4.47. The van der Waals surface area contributed by atoms with Gasteiger partial charge in [-0.1, -0.05) is 12.1 Å². The molecule has 2 aromatic rings. The molecule has 0 aliphatic heterocycles. The van der Waals surface area contributed by atoms with Crippen molar-refractivity contribution < 1.29 is 9.13 Å². The van der Waals surface area contributed by atoms with E-state index >= 15 is 0 Å². The Kier molecular flexibility index (Phi) is 5.18. The van der Waals surface area contributed by atoms with Crippen molar-refractivity contribution >= 4 is 27.3 Å². The topological polar surface area (TPSA) is 21.3 Å². The van der Waals surface area contributed by atoms with Gasteiger partial charge in [-0.3, -0.25) is 0 Å². The molecule has 0 saturated heterocycles. The van der Waals surface area contributed by atoms with Crippen LogP contribution in [0.25, 0.3) is 0 Å². The lowest BCUT2D eigenvalue weighted by molar-refractivity contribution is 0.383. The van der Waals surface area contributed by atoms with Gasteiger partial charge in [-0.05, 0) is 59.6 Å². The number of likely N-dealkylation sites (N-methyl/N-ethyl adjacent to an activating group) is 1. The van der Waals surface area contributed by atoms with E-state index < -0.39 is 0 Å². The number of methoxy groups -OCH3 is 1. The maximum Gasteiger partial charge on any atom is 0.168 e. The van der Waals surface area contributed by atoms with Gasteiger partial charge in [0.15, 0.2) is 11.6 Å². The van der Waals surface area contributed by atoms with E-state index in [2.05, 4.69) is 34.2 Å². The molecule has 0 spiro atoms. The quantitative estimate of drug-likeness (QED) is 0.852. The summed E-state index contributed by atoms with van der Waals surface area (Å²) in [7, 11) is 3.38. The van der Waals surface area contributed by atoms with Gasteiger partial charge in [0.05, 0.1) is 10.9 Å². The van der Waals surface area contributed by atoms with Crippen molar-refractivity contribution in [2.45, 2.75) is 19.4 Å². The van der Waals surface area contributed by atoms with Crippen LogP contribution in [0.3, 0.4) is 0 Å². The minimum Gasteiger partial charge on any atom is -0.494 e. The summed E-state index contributed by atoms with van der Waals surface area (Å²) in [5.74, 6) is 0.0171. The average Bonchev–Trinajstić information content (AvgIpc) is 2.77. The van der Waals surface area contributed by atoms with Crippen molar-refractivity contribution in [2.75, 3.05) is 14.2 Å². The predicted molar refractivity (Wildman–Crippen MR) is 85.2 cm³/mol. The molecule has 1 unspecified atom stereocenters. The Labute approximate surface area is 131 Å². The van der Waals surface area contributed by atoms with Crippen molar-refractivity contribution in [1.82, 2.24) is 5.32 Å². The Morgan fingerprint density at radius 1 is 1.45 bits per heavy atom. The lowest BCUT2D eigenvalue weighted by atomic mass is 10.0. The maximum absolute atomic E-state index is 14.2. The highest BCUT2D eigenvalue weighted by atomic mass is 79.9. The Balaban J connectivity index is 2.26. The second-order valence-electron chi connectivity index (χ2n) is 4.58. The van der Waals surface area contributed by atoms with E-state index in [0.717, 1.165) is 3.79 Å². The Hall–Kier alpha value is -0.910. The highest BCUT2D eigenvalue weighted by Gasteiger charge is 2.17. The zero-order valence-electron chi connectivity index (χ0n) is 11.7. The molecule has 0 aliphatic carbocycles. The first-order chi connectivity index (χ1) is 9.56. The molecule has 2 nitrogen and oxygen atoms in total. The van der Waals surface area contributed by atoms with Crippen LogP contribution in [0.4, 0.5) is 4.39 Å². The van der Waals surface area contributed by atoms with Crippen LogP contribution in [-0.2, 0) is 6.42 Å². The van der Waals surface area contributed by atoms with Crippen molar-refractivity contribution in [2.24, 2.45) is 0 Å². The molecule has 1 atom stereocenters. The van der Waals surface area contributed by atoms with E-state index in [1.165, 1.54) is 17.6 Å². The molecule has 0 radical (unpaired) electrons. The molecule has 0 amide bonds.